The summed E-state index contributed by atoms with van der Waals surface area (Å²) >= 11 is 0. The monoisotopic (exact) mass is 397 g/mol. The van der Waals surface area contributed by atoms with Gasteiger partial charge in [0.05, 0.1) is 23.5 Å². The van der Waals surface area contributed by atoms with E-state index in [-0.39, 0.29) is 17.5 Å². The normalized spacial score (nSPS) is 11.9. The number of pyridine rings is 2. The Morgan fingerprint density at radius 3 is 2.37 bits per heavy atom. The molecule has 0 saturated heterocycles. The van der Waals surface area contributed by atoms with Gasteiger partial charge in [-0.05, 0) is 37.1 Å². The van der Waals surface area contributed by atoms with Crippen molar-refractivity contribution in [3.63, 3.8) is 0 Å². The van der Waals surface area contributed by atoms with E-state index in [0.29, 0.717) is 27.7 Å². The number of nitrogens with one attached hydrogen (secondary N) is 1. The Hall–Kier alpha value is -3.73. The highest BCUT2D eigenvalue weighted by Gasteiger charge is 2.22. The summed E-state index contributed by atoms with van der Waals surface area (Å²) in [5.74, 6) is -0.197. The SMILES string of the molecule is CC[C@H](NC(=O)c1c(C)n(-c2cccnc2)c(=O)c2ccccc12)c1ccccc1. The van der Waals surface area contributed by atoms with E-state index in [1.165, 1.54) is 0 Å². The number of aromatic nitrogens is 2. The number of rotatable bonds is 5. The smallest absolute Gasteiger partial charge is 0.263 e. The molecule has 0 unspecified atom stereocenters. The lowest BCUT2D eigenvalue weighted by Gasteiger charge is -2.21. The van der Waals surface area contributed by atoms with Crippen LogP contribution in [-0.2, 0) is 0 Å². The van der Waals surface area contributed by atoms with Crippen LogP contribution in [0.5, 0.6) is 0 Å². The summed E-state index contributed by atoms with van der Waals surface area (Å²) < 4.78 is 1.56. The molecule has 0 aliphatic carbocycles. The van der Waals surface area contributed by atoms with Gasteiger partial charge in [-0.15, -0.1) is 0 Å². The molecule has 1 atom stereocenters. The number of fused-ring (bicyclic) bond motifs is 1. The van der Waals surface area contributed by atoms with Gasteiger partial charge in [0.2, 0.25) is 0 Å². The molecule has 0 radical (unpaired) electrons. The third-order valence-corrected chi connectivity index (χ3v) is 5.37. The molecule has 0 fully saturated rings. The van der Waals surface area contributed by atoms with Gasteiger partial charge < -0.3 is 5.32 Å². The molecule has 0 aliphatic heterocycles. The lowest BCUT2D eigenvalue weighted by molar-refractivity contribution is 0.0936. The van der Waals surface area contributed by atoms with Crippen molar-refractivity contribution in [1.82, 2.24) is 14.9 Å². The fourth-order valence-electron chi connectivity index (χ4n) is 3.89. The topological polar surface area (TPSA) is 64.0 Å². The molecular formula is C25H23N3O2. The molecule has 1 amide bonds. The number of carbonyl (C=O) groups is 1. The lowest BCUT2D eigenvalue weighted by Crippen LogP contribution is -2.32. The summed E-state index contributed by atoms with van der Waals surface area (Å²) in [5.41, 5.74) is 2.61. The molecule has 4 rings (SSSR count). The highest BCUT2D eigenvalue weighted by Crippen LogP contribution is 2.24. The first kappa shape index (κ1) is 19.6. The summed E-state index contributed by atoms with van der Waals surface area (Å²) in [7, 11) is 0. The zero-order valence-corrected chi connectivity index (χ0v) is 17.0. The molecule has 0 saturated carbocycles. The molecule has 0 aliphatic rings. The van der Waals surface area contributed by atoms with Crippen molar-refractivity contribution in [2.45, 2.75) is 26.3 Å². The van der Waals surface area contributed by atoms with Crippen molar-refractivity contribution in [3.8, 4) is 5.69 Å². The van der Waals surface area contributed by atoms with Crippen molar-refractivity contribution in [2.24, 2.45) is 0 Å². The van der Waals surface area contributed by atoms with Crippen LogP contribution in [0.2, 0.25) is 0 Å². The van der Waals surface area contributed by atoms with Crippen LogP contribution in [0, 0.1) is 6.92 Å². The van der Waals surface area contributed by atoms with Crippen LogP contribution in [0.4, 0.5) is 0 Å². The number of hydrogen-bond donors (Lipinski definition) is 1. The minimum Gasteiger partial charge on any atom is -0.345 e. The van der Waals surface area contributed by atoms with Gasteiger partial charge in [0.1, 0.15) is 0 Å². The predicted molar refractivity (Wildman–Crippen MR) is 119 cm³/mol. The van der Waals surface area contributed by atoms with E-state index < -0.39 is 0 Å². The van der Waals surface area contributed by atoms with E-state index in [9.17, 15) is 9.59 Å². The third-order valence-electron chi connectivity index (χ3n) is 5.37. The summed E-state index contributed by atoms with van der Waals surface area (Å²) in [6.07, 6.45) is 4.04. The number of nitrogens with zero attached hydrogens (tertiary/aromatic N) is 2. The second kappa shape index (κ2) is 8.33. The van der Waals surface area contributed by atoms with E-state index in [0.717, 1.165) is 12.0 Å². The first-order chi connectivity index (χ1) is 14.6. The van der Waals surface area contributed by atoms with E-state index >= 15 is 0 Å². The van der Waals surface area contributed by atoms with Crippen LogP contribution in [0.15, 0.2) is 83.9 Å². The van der Waals surface area contributed by atoms with Crippen LogP contribution >= 0.6 is 0 Å². The van der Waals surface area contributed by atoms with Crippen LogP contribution in [0.3, 0.4) is 0 Å². The minimum atomic E-state index is -0.197. The Labute approximate surface area is 175 Å². The Bertz CT molecular complexity index is 1250. The summed E-state index contributed by atoms with van der Waals surface area (Å²) in [5, 5.41) is 4.32. The van der Waals surface area contributed by atoms with E-state index in [1.807, 2.05) is 61.5 Å². The van der Waals surface area contributed by atoms with E-state index in [1.54, 1.807) is 36.0 Å². The van der Waals surface area contributed by atoms with Crippen LogP contribution in [0.1, 0.15) is 41.0 Å². The van der Waals surface area contributed by atoms with Gasteiger partial charge in [-0.3, -0.25) is 19.1 Å². The van der Waals surface area contributed by atoms with Gasteiger partial charge in [0, 0.05) is 22.7 Å². The molecule has 0 bridgehead atoms. The second-order valence-electron chi connectivity index (χ2n) is 7.20. The van der Waals surface area contributed by atoms with Crippen molar-refractivity contribution in [1.29, 1.82) is 0 Å². The predicted octanol–water partition coefficient (Wildman–Crippen LogP) is 4.58. The van der Waals surface area contributed by atoms with Gasteiger partial charge in [0.25, 0.3) is 11.5 Å². The molecule has 2 heterocycles. The minimum absolute atomic E-state index is 0.115. The average Bonchev–Trinajstić information content (AvgIpc) is 2.79. The molecule has 2 aromatic heterocycles. The molecule has 1 N–H and O–H groups in total. The quantitative estimate of drug-likeness (QED) is 0.536. The van der Waals surface area contributed by atoms with Gasteiger partial charge in [0.15, 0.2) is 0 Å². The fraction of sp³-hybridized carbons (Fsp3) is 0.160. The maximum Gasteiger partial charge on any atom is 0.263 e. The summed E-state index contributed by atoms with van der Waals surface area (Å²) in [6, 6.07) is 20.6. The fourth-order valence-corrected chi connectivity index (χ4v) is 3.89. The molecule has 4 aromatic rings. The second-order valence-corrected chi connectivity index (χ2v) is 7.20. The highest BCUT2D eigenvalue weighted by atomic mass is 16.2. The zero-order chi connectivity index (χ0) is 21.1. The van der Waals surface area contributed by atoms with Crippen LogP contribution in [-0.4, -0.2) is 15.5 Å². The summed E-state index contributed by atoms with van der Waals surface area (Å²) in [4.78, 5) is 30.8. The number of benzene rings is 2. The van der Waals surface area contributed by atoms with E-state index in [2.05, 4.69) is 10.3 Å². The van der Waals surface area contributed by atoms with E-state index in [4.69, 9.17) is 0 Å². The molecule has 0 spiro atoms. The Balaban J connectivity index is 1.88. The van der Waals surface area contributed by atoms with Crippen LogP contribution in [0.25, 0.3) is 16.5 Å². The maximum atomic E-state index is 13.5. The molecular weight excluding hydrogens is 374 g/mol. The lowest BCUT2D eigenvalue weighted by atomic mass is 10.0. The van der Waals surface area contributed by atoms with Gasteiger partial charge in [-0.2, -0.15) is 0 Å². The Morgan fingerprint density at radius 1 is 1.00 bits per heavy atom. The Morgan fingerprint density at radius 2 is 1.70 bits per heavy atom. The zero-order valence-electron chi connectivity index (χ0n) is 17.0. The third kappa shape index (κ3) is 3.50. The molecule has 150 valence electrons. The maximum absolute atomic E-state index is 13.5. The van der Waals surface area contributed by atoms with Crippen molar-refractivity contribution in [2.75, 3.05) is 0 Å². The first-order valence-corrected chi connectivity index (χ1v) is 10.0. The van der Waals surface area contributed by atoms with Gasteiger partial charge in [-0.1, -0.05) is 55.5 Å². The van der Waals surface area contributed by atoms with Gasteiger partial charge >= 0.3 is 0 Å². The van der Waals surface area contributed by atoms with Crippen molar-refractivity contribution < 1.29 is 4.79 Å². The highest BCUT2D eigenvalue weighted by molar-refractivity contribution is 6.08. The molecule has 5 heteroatoms. The Kier molecular flexibility index (Phi) is 5.44. The van der Waals surface area contributed by atoms with Crippen LogP contribution < -0.4 is 10.9 Å². The standard InChI is InChI=1S/C25H23N3O2/c1-3-22(18-10-5-4-6-11-18)27-24(29)23-17(2)28(19-12-9-15-26-16-19)25(30)21-14-8-7-13-20(21)23/h4-16,22H,3H2,1-2H3,(H,27,29)/t22-/m0/s1. The first-order valence-electron chi connectivity index (χ1n) is 10.0. The number of carbonyl (C=O) groups excluding carboxylic acids is 1. The van der Waals surface area contributed by atoms with Gasteiger partial charge in [-0.25, -0.2) is 0 Å². The average molecular weight is 397 g/mol. The van der Waals surface area contributed by atoms with Crippen molar-refractivity contribution >= 4 is 16.7 Å². The molecule has 30 heavy (non-hydrogen) atoms. The molecule has 5 nitrogen and oxygen atoms in total. The van der Waals surface area contributed by atoms with Crippen molar-refractivity contribution in [3.05, 3.63) is 106 Å². The summed E-state index contributed by atoms with van der Waals surface area (Å²) in [6.45, 7) is 3.85. The number of amides is 1. The molecule has 2 aromatic carbocycles. The number of hydrogen-bond acceptors (Lipinski definition) is 3. The largest absolute Gasteiger partial charge is 0.345 e.